The van der Waals surface area contributed by atoms with E-state index in [-0.39, 0.29) is 37.1 Å². The molecule has 0 bridgehead atoms. The maximum atomic E-state index is 10.9. The molecule has 5 heterocycles. The molecule has 0 radical (unpaired) electrons. The van der Waals surface area contributed by atoms with Gasteiger partial charge in [0.2, 0.25) is 0 Å². The van der Waals surface area contributed by atoms with Gasteiger partial charge in [0.15, 0.2) is 0 Å². The number of hydrogen-bond acceptors (Lipinski definition) is 8. The third-order valence-electron chi connectivity index (χ3n) is 6.62. The molecule has 5 rings (SSSR count). The predicted molar refractivity (Wildman–Crippen MR) is 105 cm³/mol. The Labute approximate surface area is 175 Å². The van der Waals surface area contributed by atoms with Crippen LogP contribution in [0.2, 0.25) is 0 Å². The lowest BCUT2D eigenvalue weighted by Crippen LogP contribution is -2.63. The fourth-order valence-corrected chi connectivity index (χ4v) is 5.04. The van der Waals surface area contributed by atoms with E-state index in [1.165, 1.54) is 0 Å². The van der Waals surface area contributed by atoms with Crippen molar-refractivity contribution in [3.63, 3.8) is 0 Å². The Morgan fingerprint density at radius 3 is 2.33 bits per heavy atom. The predicted octanol–water partition coefficient (Wildman–Crippen LogP) is 0.00780. The normalized spacial score (nSPS) is 51.8. The van der Waals surface area contributed by atoms with Crippen molar-refractivity contribution in [2.75, 3.05) is 13.2 Å². The summed E-state index contributed by atoms with van der Waals surface area (Å²) in [5, 5.41) is 30.6. The highest BCUT2D eigenvalue weighted by Gasteiger charge is 2.52. The number of aliphatic hydroxyl groups excluding tert-OH is 3. The van der Waals surface area contributed by atoms with Gasteiger partial charge in [-0.15, -0.1) is 0 Å². The van der Waals surface area contributed by atoms with Crippen molar-refractivity contribution >= 4 is 0 Å². The first-order chi connectivity index (χ1) is 14.6. The fraction of sp³-hybridized carbons (Fsp3) is 0.727. The minimum atomic E-state index is -0.862. The first-order valence-electron chi connectivity index (χ1n) is 10.8. The van der Waals surface area contributed by atoms with Crippen LogP contribution in [-0.2, 0) is 23.7 Å². The Kier molecular flexibility index (Phi) is 6.10. The Hall–Kier alpha value is -1.10. The van der Waals surface area contributed by atoms with Gasteiger partial charge in [-0.2, -0.15) is 0 Å². The van der Waals surface area contributed by atoms with E-state index in [0.717, 1.165) is 0 Å². The second-order valence-electron chi connectivity index (χ2n) is 8.58. The Morgan fingerprint density at radius 1 is 0.733 bits per heavy atom. The van der Waals surface area contributed by atoms with Crippen LogP contribution in [0.15, 0.2) is 36.5 Å². The molecule has 5 unspecified atom stereocenters. The summed E-state index contributed by atoms with van der Waals surface area (Å²) in [5.41, 5.74) is 0. The van der Waals surface area contributed by atoms with Crippen LogP contribution in [0.1, 0.15) is 19.3 Å². The van der Waals surface area contributed by atoms with Crippen LogP contribution in [0, 0.1) is 0 Å². The third-order valence-corrected chi connectivity index (χ3v) is 6.62. The van der Waals surface area contributed by atoms with E-state index in [0.29, 0.717) is 25.9 Å². The molecule has 8 nitrogen and oxygen atoms in total. The van der Waals surface area contributed by atoms with Crippen molar-refractivity contribution in [3.05, 3.63) is 36.5 Å². The van der Waals surface area contributed by atoms with Crippen molar-refractivity contribution < 1.29 is 39.0 Å². The van der Waals surface area contributed by atoms with Gasteiger partial charge in [-0.1, -0.05) is 36.5 Å². The molecule has 0 aromatic rings. The van der Waals surface area contributed by atoms with Crippen molar-refractivity contribution in [1.82, 2.24) is 0 Å². The van der Waals surface area contributed by atoms with Crippen molar-refractivity contribution in [3.8, 4) is 0 Å². The van der Waals surface area contributed by atoms with E-state index >= 15 is 0 Å². The first-order valence-corrected chi connectivity index (χ1v) is 10.8. The molecule has 0 aromatic heterocycles. The molecule has 166 valence electrons. The summed E-state index contributed by atoms with van der Waals surface area (Å²) in [7, 11) is 0. The first kappa shape index (κ1) is 20.8. The number of aliphatic hydroxyl groups is 3. The third kappa shape index (κ3) is 3.91. The fourth-order valence-electron chi connectivity index (χ4n) is 5.04. The minimum absolute atomic E-state index is 0.200. The van der Waals surface area contributed by atoms with Crippen molar-refractivity contribution in [2.45, 2.75) is 86.4 Å². The molecule has 5 aliphatic heterocycles. The molecule has 0 aromatic carbocycles. The number of fused-ring (bicyclic) bond motifs is 4. The van der Waals surface area contributed by atoms with Gasteiger partial charge in [0.25, 0.3) is 0 Å². The van der Waals surface area contributed by atoms with Crippen molar-refractivity contribution in [2.24, 2.45) is 0 Å². The molecule has 0 saturated carbocycles. The Morgan fingerprint density at radius 2 is 1.50 bits per heavy atom. The van der Waals surface area contributed by atoms with Crippen LogP contribution in [-0.4, -0.2) is 95.7 Å². The summed E-state index contributed by atoms with van der Waals surface area (Å²) in [5.74, 6) is 0. The summed E-state index contributed by atoms with van der Waals surface area (Å²) < 4.78 is 30.7. The zero-order valence-corrected chi connectivity index (χ0v) is 16.7. The zero-order valence-electron chi connectivity index (χ0n) is 16.7. The molecular weight excluding hydrogens is 392 g/mol. The van der Waals surface area contributed by atoms with E-state index in [2.05, 4.69) is 0 Å². The molecule has 3 N–H and O–H groups in total. The van der Waals surface area contributed by atoms with Crippen LogP contribution in [0.3, 0.4) is 0 Å². The maximum Gasteiger partial charge on any atom is 0.113 e. The molecular formula is C22H30O8. The van der Waals surface area contributed by atoms with E-state index in [1.807, 2.05) is 30.4 Å². The van der Waals surface area contributed by atoms with E-state index in [4.69, 9.17) is 23.7 Å². The van der Waals surface area contributed by atoms with Gasteiger partial charge in [-0.3, -0.25) is 0 Å². The summed E-state index contributed by atoms with van der Waals surface area (Å²) in [6.45, 7) is 0.174. The van der Waals surface area contributed by atoms with Crippen LogP contribution in [0.5, 0.6) is 0 Å². The van der Waals surface area contributed by atoms with Crippen LogP contribution >= 0.6 is 0 Å². The molecule has 0 spiro atoms. The molecule has 30 heavy (non-hydrogen) atoms. The minimum Gasteiger partial charge on any atom is -0.394 e. The highest BCUT2D eigenvalue weighted by atomic mass is 16.6. The molecule has 11 atom stereocenters. The number of ether oxygens (including phenoxy) is 5. The summed E-state index contributed by atoms with van der Waals surface area (Å²) in [6.07, 6.45) is 8.18. The molecule has 0 aliphatic carbocycles. The smallest absolute Gasteiger partial charge is 0.113 e. The van der Waals surface area contributed by atoms with Gasteiger partial charge >= 0.3 is 0 Å². The van der Waals surface area contributed by atoms with Gasteiger partial charge in [0, 0.05) is 6.42 Å². The summed E-state index contributed by atoms with van der Waals surface area (Å²) >= 11 is 0. The number of rotatable bonds is 1. The second kappa shape index (κ2) is 8.80. The Bertz CT molecular complexity index is 693. The lowest BCUT2D eigenvalue weighted by Gasteiger charge is -2.49. The molecule has 2 fully saturated rings. The van der Waals surface area contributed by atoms with E-state index in [9.17, 15) is 15.3 Å². The molecule has 8 heteroatoms. The standard InChI is InChI=1S/C22H30O8/c23-11-19-12(24)4-3-6-13-14(28-19)7-8-15-17(27-13)10-18-22(30-15)20(25)21-16(29-18)5-1-2-9-26-21/h1-4,7-8,12-25H,5-6,9-11H2/b4-3-/t12?,13?,14-,15+,16?,17?,18?,19+,20+,21-,22+/m0/s1. The largest absolute Gasteiger partial charge is 0.394 e. The van der Waals surface area contributed by atoms with Crippen LogP contribution in [0.4, 0.5) is 0 Å². The lowest BCUT2D eigenvalue weighted by molar-refractivity contribution is -0.286. The summed E-state index contributed by atoms with van der Waals surface area (Å²) in [4.78, 5) is 0. The summed E-state index contributed by atoms with van der Waals surface area (Å²) in [6, 6.07) is 0. The van der Waals surface area contributed by atoms with E-state index < -0.39 is 36.6 Å². The molecule has 2 saturated heterocycles. The van der Waals surface area contributed by atoms with Crippen molar-refractivity contribution in [1.29, 1.82) is 0 Å². The highest BCUT2D eigenvalue weighted by Crippen LogP contribution is 2.38. The number of hydrogen-bond donors (Lipinski definition) is 3. The maximum absolute atomic E-state index is 10.9. The molecule has 0 amide bonds. The van der Waals surface area contributed by atoms with E-state index in [1.54, 1.807) is 6.08 Å². The monoisotopic (exact) mass is 422 g/mol. The Balaban J connectivity index is 1.34. The van der Waals surface area contributed by atoms with Gasteiger partial charge < -0.3 is 39.0 Å². The van der Waals surface area contributed by atoms with Crippen LogP contribution in [0.25, 0.3) is 0 Å². The average Bonchev–Trinajstić information content (AvgIpc) is 3.06. The van der Waals surface area contributed by atoms with Crippen LogP contribution < -0.4 is 0 Å². The topological polar surface area (TPSA) is 107 Å². The second-order valence-corrected chi connectivity index (χ2v) is 8.58. The van der Waals surface area contributed by atoms with Gasteiger partial charge in [0.05, 0.1) is 37.6 Å². The van der Waals surface area contributed by atoms with Gasteiger partial charge in [0.1, 0.15) is 42.7 Å². The molecule has 5 aliphatic rings. The SMILES string of the molecule is OC[C@H]1O[C@H]2C=C[C@H]3O[C@@H]4C(CC3OC2C/C=C\C1O)OC1CC=CCO[C@@H]1[C@H]4O. The van der Waals surface area contributed by atoms with Gasteiger partial charge in [-0.05, 0) is 12.8 Å². The average molecular weight is 422 g/mol. The zero-order chi connectivity index (χ0) is 20.7. The quantitative estimate of drug-likeness (QED) is 0.508. The van der Waals surface area contributed by atoms with Gasteiger partial charge in [-0.25, -0.2) is 0 Å². The lowest BCUT2D eigenvalue weighted by atomic mass is 9.87. The highest BCUT2D eigenvalue weighted by molar-refractivity contribution is 5.12.